The molecule has 0 spiro atoms. The van der Waals surface area contributed by atoms with E-state index in [4.69, 9.17) is 4.84 Å². The van der Waals surface area contributed by atoms with Gasteiger partial charge < -0.3 is 9.57 Å². The Morgan fingerprint density at radius 3 is 2.83 bits per heavy atom. The van der Waals surface area contributed by atoms with Gasteiger partial charge in [0.1, 0.15) is 7.11 Å². The molecule has 0 aliphatic heterocycles. The molecule has 2 nitrogen and oxygen atoms in total. The van der Waals surface area contributed by atoms with Crippen LogP contribution in [0.25, 0.3) is 10.9 Å². The maximum Gasteiger partial charge on any atom is 1.00 e. The molecule has 1 heterocycles. The molecule has 2 rings (SSSR count). The van der Waals surface area contributed by atoms with Crippen molar-refractivity contribution in [3.05, 3.63) is 36.5 Å². The van der Waals surface area contributed by atoms with Gasteiger partial charge in [-0.15, -0.1) is 12.1 Å². The monoisotopic (exact) mass is 153 g/mol. The minimum Gasteiger partial charge on any atom is -0.441 e. The van der Waals surface area contributed by atoms with E-state index in [2.05, 4.69) is 6.20 Å². The van der Waals surface area contributed by atoms with Gasteiger partial charge in [-0.1, -0.05) is 23.8 Å². The van der Waals surface area contributed by atoms with Crippen LogP contribution >= 0.6 is 0 Å². The van der Waals surface area contributed by atoms with Gasteiger partial charge in [0, 0.05) is 0 Å². The van der Waals surface area contributed by atoms with Gasteiger partial charge in [-0.05, 0) is 0 Å². The summed E-state index contributed by atoms with van der Waals surface area (Å²) in [5.74, 6) is 0. The summed E-state index contributed by atoms with van der Waals surface area (Å²) >= 11 is 0. The Labute approximate surface area is 83.3 Å². The average Bonchev–Trinajstić information content (AvgIpc) is 2.47. The first kappa shape index (κ1) is 9.25. The van der Waals surface area contributed by atoms with Gasteiger partial charge in [-0.25, -0.2) is 0 Å². The molecule has 3 heteroatoms. The zero-order valence-electron chi connectivity index (χ0n) is 7.24. The average molecular weight is 153 g/mol. The number of hydrogen-bond acceptors (Lipinski definition) is 1. The molecule has 0 unspecified atom stereocenters. The molecular weight excluding hydrogens is 145 g/mol. The summed E-state index contributed by atoms with van der Waals surface area (Å²) < 4.78 is 1.62. The van der Waals surface area contributed by atoms with Crippen LogP contribution in [0.3, 0.4) is 0 Å². The number of fused-ring (bicyclic) bond motifs is 1. The summed E-state index contributed by atoms with van der Waals surface area (Å²) in [6.07, 6.45) is 2.96. The second-order valence-electron chi connectivity index (χ2n) is 2.31. The van der Waals surface area contributed by atoms with E-state index in [0.717, 1.165) is 10.9 Å². The molecule has 1 aromatic heterocycles. The molecule has 0 amide bonds. The Kier molecular flexibility index (Phi) is 2.86. The molecular formula is C9H8LiNO. The van der Waals surface area contributed by atoms with Crippen LogP contribution in [-0.2, 0) is 0 Å². The zero-order valence-corrected chi connectivity index (χ0v) is 7.24. The van der Waals surface area contributed by atoms with E-state index < -0.39 is 0 Å². The molecule has 0 saturated heterocycles. The summed E-state index contributed by atoms with van der Waals surface area (Å²) in [5.41, 5.74) is 1.05. The van der Waals surface area contributed by atoms with E-state index in [1.165, 1.54) is 0 Å². The van der Waals surface area contributed by atoms with Crippen molar-refractivity contribution in [1.29, 1.82) is 0 Å². The fourth-order valence-corrected chi connectivity index (χ4v) is 1.14. The smallest absolute Gasteiger partial charge is 0.441 e. The van der Waals surface area contributed by atoms with Crippen LogP contribution in [0.1, 0.15) is 0 Å². The Bertz CT molecular complexity index is 369. The minimum atomic E-state index is 0. The predicted octanol–water partition coefficient (Wildman–Crippen LogP) is -1.50. The SMILES string of the molecule is COn1[c-]cc2ccccc21.[Li+]. The van der Waals surface area contributed by atoms with E-state index in [0.29, 0.717) is 0 Å². The number of nitrogens with zero attached hydrogens (tertiary/aromatic N) is 1. The minimum absolute atomic E-state index is 0. The first-order valence-electron chi connectivity index (χ1n) is 3.44. The van der Waals surface area contributed by atoms with E-state index in [9.17, 15) is 0 Å². The normalized spacial score (nSPS) is 9.42. The third kappa shape index (κ3) is 1.36. The second-order valence-corrected chi connectivity index (χ2v) is 2.31. The van der Waals surface area contributed by atoms with E-state index in [1.807, 2.05) is 30.3 Å². The summed E-state index contributed by atoms with van der Waals surface area (Å²) in [4.78, 5) is 5.03. The van der Waals surface area contributed by atoms with Crippen molar-refractivity contribution in [3.63, 3.8) is 0 Å². The Morgan fingerprint density at radius 2 is 2.08 bits per heavy atom. The standard InChI is InChI=1S/C9H8NO.Li/c1-11-10-7-6-8-4-2-3-5-9(8)10;/h2-6H,1H3;/q-1;+1. The quantitative estimate of drug-likeness (QED) is 0.359. The van der Waals surface area contributed by atoms with E-state index in [1.54, 1.807) is 11.8 Å². The number of para-hydroxylation sites is 1. The molecule has 0 fully saturated rings. The molecule has 0 aliphatic rings. The Hall–Kier alpha value is -0.843. The van der Waals surface area contributed by atoms with Crippen LogP contribution in [0, 0.1) is 6.20 Å². The van der Waals surface area contributed by atoms with Crippen LogP contribution in [0.5, 0.6) is 0 Å². The Balaban J connectivity index is 0.000000720. The van der Waals surface area contributed by atoms with Crippen LogP contribution < -0.4 is 23.7 Å². The van der Waals surface area contributed by atoms with Gasteiger partial charge >= 0.3 is 18.9 Å². The van der Waals surface area contributed by atoms with Crippen LogP contribution in [0.2, 0.25) is 0 Å². The van der Waals surface area contributed by atoms with Crippen molar-refractivity contribution in [2.45, 2.75) is 0 Å². The van der Waals surface area contributed by atoms with Gasteiger partial charge in [0.05, 0.1) is 0 Å². The van der Waals surface area contributed by atoms with Crippen molar-refractivity contribution >= 4 is 10.9 Å². The van der Waals surface area contributed by atoms with Gasteiger partial charge in [-0.2, -0.15) is 11.5 Å². The van der Waals surface area contributed by atoms with E-state index >= 15 is 0 Å². The van der Waals surface area contributed by atoms with Gasteiger partial charge in [0.25, 0.3) is 0 Å². The summed E-state index contributed by atoms with van der Waals surface area (Å²) in [6.45, 7) is 0. The molecule has 0 bridgehead atoms. The number of rotatable bonds is 1. The summed E-state index contributed by atoms with van der Waals surface area (Å²) in [6, 6.07) is 9.90. The fraction of sp³-hybridized carbons (Fsp3) is 0.111. The first-order chi connectivity index (χ1) is 5.42. The topological polar surface area (TPSA) is 14.2 Å². The number of aromatic nitrogens is 1. The number of hydrogen-bond donors (Lipinski definition) is 0. The molecule has 1 aromatic carbocycles. The van der Waals surface area contributed by atoms with Crippen molar-refractivity contribution in [2.24, 2.45) is 0 Å². The maximum atomic E-state index is 5.03. The molecule has 2 aromatic rings. The van der Waals surface area contributed by atoms with Crippen LogP contribution in [-0.4, -0.2) is 11.8 Å². The molecule has 0 N–H and O–H groups in total. The van der Waals surface area contributed by atoms with Crippen LogP contribution in [0.15, 0.2) is 30.3 Å². The first-order valence-corrected chi connectivity index (χ1v) is 3.44. The molecule has 0 atom stereocenters. The summed E-state index contributed by atoms with van der Waals surface area (Å²) in [7, 11) is 1.63. The molecule has 56 valence electrons. The fourth-order valence-electron chi connectivity index (χ4n) is 1.14. The Morgan fingerprint density at radius 1 is 1.33 bits per heavy atom. The van der Waals surface area contributed by atoms with Crippen LogP contribution in [0.4, 0.5) is 0 Å². The zero-order chi connectivity index (χ0) is 7.68. The largest absolute Gasteiger partial charge is 1.00 e. The maximum absolute atomic E-state index is 5.03. The predicted molar refractivity (Wildman–Crippen MR) is 43.3 cm³/mol. The van der Waals surface area contributed by atoms with Gasteiger partial charge in [0.15, 0.2) is 0 Å². The van der Waals surface area contributed by atoms with Crippen molar-refractivity contribution in [3.8, 4) is 0 Å². The molecule has 12 heavy (non-hydrogen) atoms. The second kappa shape index (κ2) is 3.71. The van der Waals surface area contributed by atoms with Crippen molar-refractivity contribution in [2.75, 3.05) is 7.11 Å². The van der Waals surface area contributed by atoms with E-state index in [-0.39, 0.29) is 18.9 Å². The van der Waals surface area contributed by atoms with Gasteiger partial charge in [0.2, 0.25) is 0 Å². The molecule has 0 aliphatic carbocycles. The van der Waals surface area contributed by atoms with Crippen molar-refractivity contribution < 1.29 is 23.7 Å². The molecule has 0 radical (unpaired) electrons. The number of benzene rings is 1. The summed E-state index contributed by atoms with van der Waals surface area (Å²) in [5, 5.41) is 1.15. The third-order valence-corrected chi connectivity index (χ3v) is 1.68. The third-order valence-electron chi connectivity index (χ3n) is 1.68. The van der Waals surface area contributed by atoms with Crippen molar-refractivity contribution in [1.82, 2.24) is 4.73 Å². The van der Waals surface area contributed by atoms with Gasteiger partial charge in [-0.3, -0.25) is 0 Å². The molecule has 0 saturated carbocycles.